The molecule has 1 atom stereocenters. The summed E-state index contributed by atoms with van der Waals surface area (Å²) < 4.78 is 11.2. The van der Waals surface area contributed by atoms with Crippen LogP contribution in [0.15, 0.2) is 18.2 Å². The Morgan fingerprint density at radius 3 is 2.68 bits per heavy atom. The lowest BCUT2D eigenvalue weighted by molar-refractivity contribution is 0.0736. The number of ether oxygens (including phenoxy) is 2. The van der Waals surface area contributed by atoms with Crippen LogP contribution in [-0.4, -0.2) is 50.2 Å². The van der Waals surface area contributed by atoms with E-state index in [0.29, 0.717) is 30.3 Å². The van der Waals surface area contributed by atoms with Gasteiger partial charge in [0, 0.05) is 24.7 Å². The summed E-state index contributed by atoms with van der Waals surface area (Å²) in [6.07, 6.45) is 2.12. The van der Waals surface area contributed by atoms with Crippen molar-refractivity contribution in [3.63, 3.8) is 0 Å². The predicted octanol–water partition coefficient (Wildman–Crippen LogP) is 2.31. The number of carbonyl (C=O) groups is 1. The first-order valence-corrected chi connectivity index (χ1v) is 8.06. The average molecular weight is 306 g/mol. The molecule has 0 aromatic heterocycles. The molecule has 1 amide bonds. The molecule has 1 N–H and O–H groups in total. The lowest BCUT2D eigenvalue weighted by Crippen LogP contribution is -2.40. The van der Waals surface area contributed by atoms with Gasteiger partial charge in [0.1, 0.15) is 0 Å². The Labute approximate surface area is 132 Å². The number of hydrogen-bond acceptors (Lipinski definition) is 4. The maximum absolute atomic E-state index is 12.8. The van der Waals surface area contributed by atoms with Crippen molar-refractivity contribution >= 4 is 5.91 Å². The Balaban J connectivity index is 2.20. The minimum Gasteiger partial charge on any atom is -0.490 e. The van der Waals surface area contributed by atoms with Gasteiger partial charge in [-0.1, -0.05) is 0 Å². The molecule has 2 rings (SSSR count). The molecule has 22 heavy (non-hydrogen) atoms. The van der Waals surface area contributed by atoms with Crippen LogP contribution in [0, 0.1) is 0 Å². The monoisotopic (exact) mass is 306 g/mol. The van der Waals surface area contributed by atoms with E-state index in [-0.39, 0.29) is 11.9 Å². The van der Waals surface area contributed by atoms with E-state index in [0.717, 1.165) is 25.9 Å². The maximum atomic E-state index is 12.8. The first-order valence-electron chi connectivity index (χ1n) is 8.06. The van der Waals surface area contributed by atoms with Crippen LogP contribution in [-0.2, 0) is 0 Å². The van der Waals surface area contributed by atoms with Crippen molar-refractivity contribution in [1.29, 1.82) is 0 Å². The fraction of sp³-hybridized carbons (Fsp3) is 0.588. The van der Waals surface area contributed by atoms with E-state index in [2.05, 4.69) is 5.32 Å². The van der Waals surface area contributed by atoms with Gasteiger partial charge < -0.3 is 19.7 Å². The highest BCUT2D eigenvalue weighted by atomic mass is 16.5. The summed E-state index contributed by atoms with van der Waals surface area (Å²) in [5.41, 5.74) is 0.662. The normalized spacial score (nSPS) is 17.6. The molecular formula is C17H26N2O3. The van der Waals surface area contributed by atoms with Gasteiger partial charge in [0.25, 0.3) is 5.91 Å². The Hall–Kier alpha value is -1.75. The van der Waals surface area contributed by atoms with Crippen LogP contribution in [0.4, 0.5) is 0 Å². The number of likely N-dealkylation sites (N-methyl/N-ethyl adjacent to an activating group) is 1. The fourth-order valence-electron chi connectivity index (χ4n) is 2.90. The van der Waals surface area contributed by atoms with Crippen LogP contribution in [0.1, 0.15) is 37.0 Å². The van der Waals surface area contributed by atoms with Gasteiger partial charge in [-0.25, -0.2) is 0 Å². The summed E-state index contributed by atoms with van der Waals surface area (Å²) in [5.74, 6) is 1.40. The molecule has 1 saturated heterocycles. The molecular weight excluding hydrogens is 280 g/mol. The zero-order valence-electron chi connectivity index (χ0n) is 13.7. The van der Waals surface area contributed by atoms with Crippen molar-refractivity contribution in [1.82, 2.24) is 10.2 Å². The topological polar surface area (TPSA) is 50.8 Å². The molecule has 5 nitrogen and oxygen atoms in total. The van der Waals surface area contributed by atoms with Crippen molar-refractivity contribution < 1.29 is 14.3 Å². The van der Waals surface area contributed by atoms with Gasteiger partial charge in [0.15, 0.2) is 11.5 Å². The minimum absolute atomic E-state index is 0.0711. The second-order valence-electron chi connectivity index (χ2n) is 5.38. The summed E-state index contributed by atoms with van der Waals surface area (Å²) in [5, 5.41) is 3.16. The Bertz CT molecular complexity index is 505. The molecule has 0 bridgehead atoms. The Morgan fingerprint density at radius 2 is 2.00 bits per heavy atom. The van der Waals surface area contributed by atoms with Crippen LogP contribution in [0.5, 0.6) is 11.5 Å². The van der Waals surface area contributed by atoms with Crippen LogP contribution in [0.2, 0.25) is 0 Å². The number of nitrogens with zero attached hydrogens (tertiary/aromatic N) is 1. The van der Waals surface area contributed by atoms with Gasteiger partial charge in [-0.05, 0) is 51.9 Å². The summed E-state index contributed by atoms with van der Waals surface area (Å²) in [7, 11) is 1.92. The largest absolute Gasteiger partial charge is 0.490 e. The molecule has 0 spiro atoms. The van der Waals surface area contributed by atoms with Crippen molar-refractivity contribution in [3.05, 3.63) is 23.8 Å². The van der Waals surface area contributed by atoms with E-state index in [9.17, 15) is 4.79 Å². The van der Waals surface area contributed by atoms with Crippen molar-refractivity contribution in [2.24, 2.45) is 0 Å². The highest BCUT2D eigenvalue weighted by molar-refractivity contribution is 5.95. The lowest BCUT2D eigenvalue weighted by atomic mass is 10.1. The van der Waals surface area contributed by atoms with Gasteiger partial charge in [-0.2, -0.15) is 0 Å². The average Bonchev–Trinajstić information content (AvgIpc) is 2.97. The van der Waals surface area contributed by atoms with Gasteiger partial charge >= 0.3 is 0 Å². The Morgan fingerprint density at radius 1 is 1.27 bits per heavy atom. The quantitative estimate of drug-likeness (QED) is 0.840. The van der Waals surface area contributed by atoms with Gasteiger partial charge in [0.05, 0.1) is 13.2 Å². The molecule has 1 heterocycles. The van der Waals surface area contributed by atoms with Crippen molar-refractivity contribution in [2.75, 3.05) is 33.4 Å². The van der Waals surface area contributed by atoms with Crippen molar-refractivity contribution in [3.8, 4) is 11.5 Å². The predicted molar refractivity (Wildman–Crippen MR) is 86.8 cm³/mol. The van der Waals surface area contributed by atoms with E-state index >= 15 is 0 Å². The summed E-state index contributed by atoms with van der Waals surface area (Å²) in [4.78, 5) is 14.7. The zero-order chi connectivity index (χ0) is 15.9. The van der Waals surface area contributed by atoms with Crippen molar-refractivity contribution in [2.45, 2.75) is 32.7 Å². The standard InChI is InChI=1S/C17H26N2O3/c1-4-21-15-9-8-13(11-16(15)22-5-2)17(20)19-10-6-7-14(19)12-18-3/h8-9,11,14,18H,4-7,10,12H2,1-3H3. The number of hydrogen-bond donors (Lipinski definition) is 1. The zero-order valence-corrected chi connectivity index (χ0v) is 13.7. The number of nitrogens with one attached hydrogen (secondary N) is 1. The number of likely N-dealkylation sites (tertiary alicyclic amines) is 1. The van der Waals surface area contributed by atoms with E-state index < -0.39 is 0 Å². The van der Waals surface area contributed by atoms with E-state index in [1.54, 1.807) is 6.07 Å². The lowest BCUT2D eigenvalue weighted by Gasteiger charge is -2.25. The molecule has 1 fully saturated rings. The first kappa shape index (κ1) is 16.6. The van der Waals surface area contributed by atoms with Gasteiger partial charge in [-0.15, -0.1) is 0 Å². The van der Waals surface area contributed by atoms with E-state index in [1.807, 2.05) is 37.9 Å². The maximum Gasteiger partial charge on any atom is 0.254 e. The third kappa shape index (κ3) is 3.71. The molecule has 0 radical (unpaired) electrons. The van der Waals surface area contributed by atoms with Crippen LogP contribution in [0.25, 0.3) is 0 Å². The SMILES string of the molecule is CCOc1ccc(C(=O)N2CCCC2CNC)cc1OCC. The van der Waals surface area contributed by atoms with Crippen LogP contribution >= 0.6 is 0 Å². The molecule has 5 heteroatoms. The van der Waals surface area contributed by atoms with Gasteiger partial charge in [0.2, 0.25) is 0 Å². The minimum atomic E-state index is 0.0711. The molecule has 1 aromatic carbocycles. The number of carbonyl (C=O) groups excluding carboxylic acids is 1. The molecule has 1 aliphatic heterocycles. The second kappa shape index (κ2) is 8.03. The highest BCUT2D eigenvalue weighted by Crippen LogP contribution is 2.30. The molecule has 122 valence electrons. The molecule has 0 aliphatic carbocycles. The summed E-state index contributed by atoms with van der Waals surface area (Å²) >= 11 is 0. The van der Waals surface area contributed by atoms with E-state index in [1.165, 1.54) is 0 Å². The number of amides is 1. The van der Waals surface area contributed by atoms with Crippen LogP contribution in [0.3, 0.4) is 0 Å². The smallest absolute Gasteiger partial charge is 0.254 e. The molecule has 1 unspecified atom stereocenters. The summed E-state index contributed by atoms with van der Waals surface area (Å²) in [6.45, 7) is 6.63. The second-order valence-corrected chi connectivity index (χ2v) is 5.38. The molecule has 1 aromatic rings. The Kier molecular flexibility index (Phi) is 6.07. The number of rotatable bonds is 7. The van der Waals surface area contributed by atoms with Crippen LogP contribution < -0.4 is 14.8 Å². The first-order chi connectivity index (χ1) is 10.7. The van der Waals surface area contributed by atoms with E-state index in [4.69, 9.17) is 9.47 Å². The third-order valence-corrected chi connectivity index (χ3v) is 3.87. The fourth-order valence-corrected chi connectivity index (χ4v) is 2.90. The number of benzene rings is 1. The van der Waals surface area contributed by atoms with Gasteiger partial charge in [-0.3, -0.25) is 4.79 Å². The summed E-state index contributed by atoms with van der Waals surface area (Å²) in [6, 6.07) is 5.72. The third-order valence-electron chi connectivity index (χ3n) is 3.87. The highest BCUT2D eigenvalue weighted by Gasteiger charge is 2.29. The molecule has 1 aliphatic rings. The molecule has 0 saturated carbocycles.